The fourth-order valence-corrected chi connectivity index (χ4v) is 4.31. The van der Waals surface area contributed by atoms with Gasteiger partial charge in [-0.25, -0.2) is 4.98 Å². The molecular formula is C23H21N7O3. The van der Waals surface area contributed by atoms with Crippen LogP contribution in [0.5, 0.6) is 0 Å². The summed E-state index contributed by atoms with van der Waals surface area (Å²) in [5.41, 5.74) is 9.26. The van der Waals surface area contributed by atoms with Crippen molar-refractivity contribution in [1.82, 2.24) is 23.9 Å². The van der Waals surface area contributed by atoms with Gasteiger partial charge < -0.3 is 25.0 Å². The Morgan fingerprint density at radius 2 is 1.76 bits per heavy atom. The molecule has 0 radical (unpaired) electrons. The van der Waals surface area contributed by atoms with Gasteiger partial charge in [-0.1, -0.05) is 42.5 Å². The van der Waals surface area contributed by atoms with Crippen molar-refractivity contribution in [2.45, 2.75) is 13.0 Å². The average molecular weight is 443 g/mol. The highest BCUT2D eigenvalue weighted by Crippen LogP contribution is 2.40. The number of benzene rings is 2. The number of para-hydroxylation sites is 2. The van der Waals surface area contributed by atoms with E-state index in [-0.39, 0.29) is 16.7 Å². The van der Waals surface area contributed by atoms with E-state index in [1.165, 1.54) is 7.05 Å². The predicted octanol–water partition coefficient (Wildman–Crippen LogP) is 3.02. The molecule has 0 aliphatic heterocycles. The molecule has 0 aliphatic rings. The van der Waals surface area contributed by atoms with Gasteiger partial charge in [0.25, 0.3) is 0 Å². The smallest absolute Gasteiger partial charge is 0.384 e. The van der Waals surface area contributed by atoms with Gasteiger partial charge in [0.05, 0.1) is 28.7 Å². The van der Waals surface area contributed by atoms with Gasteiger partial charge in [-0.2, -0.15) is 0 Å². The van der Waals surface area contributed by atoms with Gasteiger partial charge in [-0.3, -0.25) is 4.79 Å². The summed E-state index contributed by atoms with van der Waals surface area (Å²) in [6.07, 6.45) is 0.593. The molecule has 5 rings (SSSR count). The lowest BCUT2D eigenvalue weighted by molar-refractivity contribution is -0.388. The lowest BCUT2D eigenvalue weighted by atomic mass is 10.1. The van der Waals surface area contributed by atoms with E-state index in [1.54, 1.807) is 4.57 Å². The molecule has 0 atom stereocenters. The number of nitro groups is 1. The molecule has 0 amide bonds. The molecule has 0 saturated heterocycles. The number of hydrogen-bond donors (Lipinski definition) is 1. The van der Waals surface area contributed by atoms with Gasteiger partial charge in [-0.15, -0.1) is 4.68 Å². The fraction of sp³-hybridized carbons (Fsp3) is 0.174. The van der Waals surface area contributed by atoms with Crippen LogP contribution in [0.2, 0.25) is 0 Å². The second-order valence-corrected chi connectivity index (χ2v) is 7.86. The van der Waals surface area contributed by atoms with Gasteiger partial charge in [-0.05, 0) is 29.0 Å². The van der Waals surface area contributed by atoms with Crippen LogP contribution < -0.4 is 11.3 Å². The molecule has 0 fully saturated rings. The van der Waals surface area contributed by atoms with Crippen molar-refractivity contribution in [1.29, 1.82) is 0 Å². The summed E-state index contributed by atoms with van der Waals surface area (Å²) in [6, 6.07) is 17.3. The highest BCUT2D eigenvalue weighted by Gasteiger charge is 2.31. The second-order valence-electron chi connectivity index (χ2n) is 7.86. The van der Waals surface area contributed by atoms with Crippen molar-refractivity contribution in [3.63, 3.8) is 0 Å². The van der Waals surface area contributed by atoms with E-state index < -0.39 is 16.3 Å². The third-order valence-corrected chi connectivity index (χ3v) is 5.92. The number of anilines is 1. The van der Waals surface area contributed by atoms with Crippen molar-refractivity contribution < 1.29 is 4.92 Å². The van der Waals surface area contributed by atoms with Crippen molar-refractivity contribution in [2.24, 2.45) is 14.1 Å². The maximum atomic E-state index is 13.2. The van der Waals surface area contributed by atoms with E-state index >= 15 is 0 Å². The molecule has 0 bridgehead atoms. The van der Waals surface area contributed by atoms with Crippen LogP contribution in [0.15, 0.2) is 59.4 Å². The van der Waals surface area contributed by atoms with Crippen LogP contribution in [0.1, 0.15) is 5.56 Å². The van der Waals surface area contributed by atoms with E-state index in [1.807, 2.05) is 66.2 Å². The van der Waals surface area contributed by atoms with Crippen LogP contribution in [-0.4, -0.2) is 28.8 Å². The topological polar surface area (TPSA) is 127 Å². The summed E-state index contributed by atoms with van der Waals surface area (Å²) < 4.78 is 4.45. The molecule has 0 aliphatic carbocycles. The van der Waals surface area contributed by atoms with Crippen LogP contribution in [0.3, 0.4) is 0 Å². The summed E-state index contributed by atoms with van der Waals surface area (Å²) >= 11 is 0. The number of nitrogens with zero attached hydrogens (tertiary/aromatic N) is 6. The minimum Gasteiger partial charge on any atom is -0.384 e. The molecule has 2 N–H and O–H groups in total. The van der Waals surface area contributed by atoms with Gasteiger partial charge >= 0.3 is 11.4 Å². The Kier molecular flexibility index (Phi) is 4.70. The zero-order chi connectivity index (χ0) is 23.3. The monoisotopic (exact) mass is 443 g/mol. The minimum absolute atomic E-state index is 0.104. The van der Waals surface area contributed by atoms with E-state index in [0.29, 0.717) is 24.4 Å². The number of hydrogen-bond acceptors (Lipinski definition) is 6. The van der Waals surface area contributed by atoms with Crippen LogP contribution in [0.4, 0.5) is 11.6 Å². The number of aromatic nitrogens is 5. The lowest BCUT2D eigenvalue weighted by Gasteiger charge is -2.08. The van der Waals surface area contributed by atoms with Gasteiger partial charge in [0.15, 0.2) is 0 Å². The first kappa shape index (κ1) is 20.4. The number of fused-ring (bicyclic) bond motifs is 2. The summed E-state index contributed by atoms with van der Waals surface area (Å²) in [5, 5.41) is 16.0. The molecule has 10 heteroatoms. The molecule has 3 heterocycles. The Bertz CT molecular complexity index is 1600. The van der Waals surface area contributed by atoms with Crippen LogP contribution in [-0.2, 0) is 27.1 Å². The zero-order valence-corrected chi connectivity index (χ0v) is 18.1. The maximum absolute atomic E-state index is 13.2. The molecule has 10 nitrogen and oxygen atoms in total. The number of nitrogen functional groups attached to an aromatic ring is 1. The predicted molar refractivity (Wildman–Crippen MR) is 126 cm³/mol. The Hall–Kier alpha value is -4.47. The molecule has 3 aromatic heterocycles. The number of rotatable bonds is 5. The van der Waals surface area contributed by atoms with Gasteiger partial charge in [0.1, 0.15) is 22.5 Å². The molecule has 2 aromatic carbocycles. The van der Waals surface area contributed by atoms with Crippen molar-refractivity contribution in [2.75, 3.05) is 5.73 Å². The van der Waals surface area contributed by atoms with E-state index in [0.717, 1.165) is 21.3 Å². The first-order chi connectivity index (χ1) is 15.9. The highest BCUT2D eigenvalue weighted by molar-refractivity contribution is 6.06. The van der Waals surface area contributed by atoms with Crippen LogP contribution in [0, 0.1) is 10.1 Å². The minimum atomic E-state index is -0.588. The summed E-state index contributed by atoms with van der Waals surface area (Å²) in [7, 11) is 3.21. The fourth-order valence-electron chi connectivity index (χ4n) is 4.31. The van der Waals surface area contributed by atoms with E-state index in [2.05, 4.69) is 10.1 Å². The molecule has 33 heavy (non-hydrogen) atoms. The van der Waals surface area contributed by atoms with Gasteiger partial charge in [0.2, 0.25) is 0 Å². The normalized spacial score (nSPS) is 11.5. The Morgan fingerprint density at radius 1 is 1.06 bits per heavy atom. The average Bonchev–Trinajstić information content (AvgIpc) is 3.29. The molecule has 0 spiro atoms. The number of imidazole rings is 1. The molecule has 5 aromatic rings. The third-order valence-electron chi connectivity index (χ3n) is 5.92. The van der Waals surface area contributed by atoms with E-state index in [4.69, 9.17) is 5.73 Å². The van der Waals surface area contributed by atoms with E-state index in [9.17, 15) is 14.9 Å². The van der Waals surface area contributed by atoms with Gasteiger partial charge in [0, 0.05) is 13.6 Å². The maximum Gasteiger partial charge on any atom is 0.398 e. The molecule has 0 unspecified atom stereocenters. The molecular weight excluding hydrogens is 422 g/mol. The summed E-state index contributed by atoms with van der Waals surface area (Å²) in [4.78, 5) is 29.2. The van der Waals surface area contributed by atoms with Crippen LogP contribution in [0.25, 0.3) is 33.3 Å². The SMILES string of the molecule is Cn1nc([N+](=O)[O-])c2c(-c3nc4ccccc4n3C)c(N)n(CCc3ccccc3)c2c1=O. The standard InChI is InChI=1S/C23H21N7O3/c1-27-16-11-7-6-10-15(16)25-21(27)18-17-19(23(31)28(2)26-22(17)30(32)33)29(20(18)24)13-12-14-8-4-3-5-9-14/h3-11H,12-13,24H2,1-2H3. The molecule has 166 valence electrons. The Labute approximate surface area is 187 Å². The first-order valence-electron chi connectivity index (χ1n) is 10.4. The Morgan fingerprint density at radius 3 is 2.45 bits per heavy atom. The van der Waals surface area contributed by atoms with Crippen molar-refractivity contribution in [3.05, 3.63) is 80.6 Å². The quantitative estimate of drug-likeness (QED) is 0.329. The Balaban J connectivity index is 1.84. The highest BCUT2D eigenvalue weighted by atomic mass is 16.6. The van der Waals surface area contributed by atoms with Crippen molar-refractivity contribution >= 4 is 33.6 Å². The lowest BCUT2D eigenvalue weighted by Crippen LogP contribution is -2.23. The van der Waals surface area contributed by atoms with Crippen LogP contribution >= 0.6 is 0 Å². The molecule has 0 saturated carbocycles. The number of aryl methyl sites for hydroxylation is 4. The first-order valence-corrected chi connectivity index (χ1v) is 10.4. The zero-order valence-electron chi connectivity index (χ0n) is 18.1. The summed E-state index contributed by atoms with van der Waals surface area (Å²) in [5.74, 6) is 0.252. The summed E-state index contributed by atoms with van der Waals surface area (Å²) in [6.45, 7) is 0.368. The largest absolute Gasteiger partial charge is 0.398 e. The van der Waals surface area contributed by atoms with Crippen molar-refractivity contribution in [3.8, 4) is 11.4 Å². The second kappa shape index (κ2) is 7.59. The number of nitrogens with two attached hydrogens (primary N) is 1. The third kappa shape index (κ3) is 3.15.